The first-order chi connectivity index (χ1) is 13.2. The van der Waals surface area contributed by atoms with E-state index in [0.717, 1.165) is 49.1 Å². The molecule has 1 fully saturated rings. The van der Waals surface area contributed by atoms with Crippen molar-refractivity contribution in [2.75, 3.05) is 7.11 Å². The number of fused-ring (bicyclic) bond motifs is 1. The first-order valence-corrected chi connectivity index (χ1v) is 9.87. The van der Waals surface area contributed by atoms with Gasteiger partial charge in [0.15, 0.2) is 0 Å². The molecule has 1 heterocycles. The molecular weight excluding hydrogens is 338 g/mol. The van der Waals surface area contributed by atoms with Crippen LogP contribution in [0.4, 0.5) is 4.79 Å². The van der Waals surface area contributed by atoms with Crippen LogP contribution < -0.4 is 15.4 Å². The summed E-state index contributed by atoms with van der Waals surface area (Å²) in [6, 6.07) is 12.0. The predicted molar refractivity (Wildman–Crippen MR) is 105 cm³/mol. The molecule has 0 saturated heterocycles. The van der Waals surface area contributed by atoms with E-state index >= 15 is 0 Å². The first-order valence-electron chi connectivity index (χ1n) is 9.87. The van der Waals surface area contributed by atoms with Gasteiger partial charge in [0.2, 0.25) is 0 Å². The number of hydrogen-bond donors (Lipinski definition) is 2. The number of aromatic nitrogens is 1. The van der Waals surface area contributed by atoms with Crippen LogP contribution in [-0.4, -0.2) is 18.1 Å². The second-order valence-electron chi connectivity index (χ2n) is 7.59. The van der Waals surface area contributed by atoms with Crippen LogP contribution in [0, 0.1) is 0 Å². The standard InChI is InChI=1S/C22H27N3O2/c1-27-19-8-4-7-17(14-19)22(12-5-13-22)25-21(26)23-15-18-11-10-16-6-2-3-9-20(16)24-18/h4,7-8,10-11,14H,2-3,5-6,9,12-13,15H2,1H3,(H2,23,25,26). The maximum absolute atomic E-state index is 12.6. The van der Waals surface area contributed by atoms with E-state index in [0.29, 0.717) is 6.54 Å². The van der Waals surface area contributed by atoms with Crippen molar-refractivity contribution in [2.24, 2.45) is 0 Å². The number of hydrogen-bond acceptors (Lipinski definition) is 3. The van der Waals surface area contributed by atoms with Crippen LogP contribution in [0.25, 0.3) is 0 Å². The second-order valence-corrected chi connectivity index (χ2v) is 7.59. The summed E-state index contributed by atoms with van der Waals surface area (Å²) in [5, 5.41) is 6.18. The van der Waals surface area contributed by atoms with Gasteiger partial charge in [-0.15, -0.1) is 0 Å². The van der Waals surface area contributed by atoms with Crippen LogP contribution >= 0.6 is 0 Å². The highest BCUT2D eigenvalue weighted by Crippen LogP contribution is 2.42. The van der Waals surface area contributed by atoms with Gasteiger partial charge in [-0.25, -0.2) is 4.79 Å². The zero-order valence-corrected chi connectivity index (χ0v) is 15.9. The number of rotatable bonds is 5. The number of nitrogens with one attached hydrogen (secondary N) is 2. The lowest BCUT2D eigenvalue weighted by atomic mass is 9.72. The number of nitrogens with zero attached hydrogens (tertiary/aromatic N) is 1. The maximum Gasteiger partial charge on any atom is 0.315 e. The Kier molecular flexibility index (Phi) is 5.01. The summed E-state index contributed by atoms with van der Waals surface area (Å²) in [6.45, 7) is 0.452. The lowest BCUT2D eigenvalue weighted by Gasteiger charge is -2.43. The number of amides is 2. The van der Waals surface area contributed by atoms with Gasteiger partial charge in [-0.3, -0.25) is 4.98 Å². The lowest BCUT2D eigenvalue weighted by Crippen LogP contribution is -2.53. The summed E-state index contributed by atoms with van der Waals surface area (Å²) >= 11 is 0. The van der Waals surface area contributed by atoms with E-state index in [9.17, 15) is 4.79 Å². The van der Waals surface area contributed by atoms with E-state index in [1.807, 2.05) is 24.3 Å². The molecule has 27 heavy (non-hydrogen) atoms. The Morgan fingerprint density at radius 3 is 2.78 bits per heavy atom. The van der Waals surface area contributed by atoms with Crippen molar-refractivity contribution in [3.8, 4) is 5.75 Å². The number of urea groups is 1. The quantitative estimate of drug-likeness (QED) is 0.846. The molecule has 0 atom stereocenters. The monoisotopic (exact) mass is 365 g/mol. The molecule has 1 aromatic heterocycles. The number of methoxy groups -OCH3 is 1. The molecule has 0 spiro atoms. The van der Waals surface area contributed by atoms with E-state index in [2.05, 4.69) is 22.8 Å². The summed E-state index contributed by atoms with van der Waals surface area (Å²) < 4.78 is 5.34. The summed E-state index contributed by atoms with van der Waals surface area (Å²) in [5.41, 5.74) is 4.31. The second kappa shape index (κ2) is 7.59. The molecule has 2 N–H and O–H groups in total. The molecule has 1 aromatic carbocycles. The fraction of sp³-hybridized carbons (Fsp3) is 0.455. The van der Waals surface area contributed by atoms with E-state index in [-0.39, 0.29) is 11.6 Å². The Morgan fingerprint density at radius 1 is 1.15 bits per heavy atom. The van der Waals surface area contributed by atoms with Crippen molar-refractivity contribution < 1.29 is 9.53 Å². The maximum atomic E-state index is 12.6. The van der Waals surface area contributed by atoms with Gasteiger partial charge in [-0.1, -0.05) is 18.2 Å². The molecule has 2 aromatic rings. The number of aryl methyl sites for hydroxylation is 2. The molecule has 142 valence electrons. The van der Waals surface area contributed by atoms with Crippen LogP contribution in [0.3, 0.4) is 0 Å². The average Bonchev–Trinajstić information content (AvgIpc) is 2.69. The van der Waals surface area contributed by atoms with Gasteiger partial charge >= 0.3 is 6.03 Å². The zero-order valence-electron chi connectivity index (χ0n) is 15.9. The molecule has 2 aliphatic rings. The van der Waals surface area contributed by atoms with Crippen molar-refractivity contribution in [3.63, 3.8) is 0 Å². The highest BCUT2D eigenvalue weighted by molar-refractivity contribution is 5.75. The Labute approximate surface area is 160 Å². The van der Waals surface area contributed by atoms with Gasteiger partial charge < -0.3 is 15.4 Å². The van der Waals surface area contributed by atoms with Gasteiger partial charge in [0, 0.05) is 5.69 Å². The largest absolute Gasteiger partial charge is 0.497 e. The highest BCUT2D eigenvalue weighted by Gasteiger charge is 2.40. The predicted octanol–water partition coefficient (Wildman–Crippen LogP) is 3.85. The van der Waals surface area contributed by atoms with E-state index < -0.39 is 0 Å². The minimum absolute atomic E-state index is 0.142. The van der Waals surface area contributed by atoms with Crippen molar-refractivity contribution in [1.82, 2.24) is 15.6 Å². The summed E-state index contributed by atoms with van der Waals surface area (Å²) in [6.07, 6.45) is 7.65. The third-order valence-corrected chi connectivity index (χ3v) is 5.85. The lowest BCUT2D eigenvalue weighted by molar-refractivity contribution is 0.176. The Hall–Kier alpha value is -2.56. The zero-order chi connectivity index (χ0) is 18.7. The summed E-state index contributed by atoms with van der Waals surface area (Å²) in [4.78, 5) is 17.3. The van der Waals surface area contributed by atoms with Gasteiger partial charge in [-0.2, -0.15) is 0 Å². The fourth-order valence-corrected chi connectivity index (χ4v) is 4.10. The van der Waals surface area contributed by atoms with E-state index in [4.69, 9.17) is 9.72 Å². The van der Waals surface area contributed by atoms with Gasteiger partial charge in [0.05, 0.1) is 24.9 Å². The van der Waals surface area contributed by atoms with Gasteiger partial charge in [0.1, 0.15) is 5.75 Å². The van der Waals surface area contributed by atoms with Crippen LogP contribution in [0.1, 0.15) is 54.6 Å². The van der Waals surface area contributed by atoms with E-state index in [1.54, 1.807) is 7.11 Å². The topological polar surface area (TPSA) is 63.2 Å². The minimum Gasteiger partial charge on any atom is -0.497 e. The van der Waals surface area contributed by atoms with E-state index in [1.165, 1.54) is 24.1 Å². The number of carbonyl (C=O) groups is 1. The van der Waals surface area contributed by atoms with Crippen LogP contribution in [0.2, 0.25) is 0 Å². The molecule has 0 unspecified atom stereocenters. The SMILES string of the molecule is COc1cccc(C2(NC(=O)NCc3ccc4c(n3)CCCC4)CCC2)c1. The number of benzene rings is 1. The summed E-state index contributed by atoms with van der Waals surface area (Å²) in [5.74, 6) is 0.819. The van der Waals surface area contributed by atoms with Crippen LogP contribution in [-0.2, 0) is 24.9 Å². The number of carbonyl (C=O) groups excluding carboxylic acids is 1. The smallest absolute Gasteiger partial charge is 0.315 e. The molecule has 0 bridgehead atoms. The Morgan fingerprint density at radius 2 is 2.00 bits per heavy atom. The first kappa shape index (κ1) is 17.8. The van der Waals surface area contributed by atoms with Crippen LogP contribution in [0.5, 0.6) is 5.75 Å². The van der Waals surface area contributed by atoms with Gasteiger partial charge in [-0.05, 0) is 74.3 Å². The molecule has 4 rings (SSSR count). The molecule has 1 saturated carbocycles. The molecule has 2 amide bonds. The Bertz CT molecular complexity index is 830. The van der Waals surface area contributed by atoms with Crippen molar-refractivity contribution in [3.05, 3.63) is 58.9 Å². The molecule has 5 heteroatoms. The summed E-state index contributed by atoms with van der Waals surface area (Å²) in [7, 11) is 1.66. The molecular formula is C22H27N3O2. The van der Waals surface area contributed by atoms with Crippen molar-refractivity contribution in [2.45, 2.75) is 57.0 Å². The van der Waals surface area contributed by atoms with Crippen LogP contribution in [0.15, 0.2) is 36.4 Å². The highest BCUT2D eigenvalue weighted by atomic mass is 16.5. The van der Waals surface area contributed by atoms with Gasteiger partial charge in [0.25, 0.3) is 0 Å². The molecule has 5 nitrogen and oxygen atoms in total. The third-order valence-electron chi connectivity index (χ3n) is 5.85. The fourth-order valence-electron chi connectivity index (χ4n) is 4.10. The minimum atomic E-state index is -0.290. The normalized spacial score (nSPS) is 17.4. The molecule has 0 radical (unpaired) electrons. The average molecular weight is 365 g/mol. The Balaban J connectivity index is 1.39. The van der Waals surface area contributed by atoms with Crippen molar-refractivity contribution >= 4 is 6.03 Å². The number of pyridine rings is 1. The molecule has 0 aliphatic heterocycles. The third kappa shape index (κ3) is 3.77. The molecule has 2 aliphatic carbocycles. The van der Waals surface area contributed by atoms with Crippen molar-refractivity contribution in [1.29, 1.82) is 0 Å². The number of ether oxygens (including phenoxy) is 1.